The van der Waals surface area contributed by atoms with Crippen LogP contribution in [0.3, 0.4) is 0 Å². The largest absolute Gasteiger partial charge is 0.312 e. The van der Waals surface area contributed by atoms with E-state index in [0.29, 0.717) is 24.3 Å². The molecule has 1 heterocycles. The SMILES string of the molecule is CC(C)Cn1c2c(cc(C=O)c1=O)CCC2. The second-order valence-corrected chi connectivity index (χ2v) is 4.85. The number of rotatable bonds is 3. The van der Waals surface area contributed by atoms with Crippen LogP contribution in [0, 0.1) is 5.92 Å². The molecular formula is C13H17NO2. The molecule has 0 radical (unpaired) electrons. The van der Waals surface area contributed by atoms with Gasteiger partial charge in [-0.2, -0.15) is 0 Å². The van der Waals surface area contributed by atoms with Crippen LogP contribution in [0.2, 0.25) is 0 Å². The lowest BCUT2D eigenvalue weighted by Crippen LogP contribution is -2.28. The van der Waals surface area contributed by atoms with E-state index in [1.807, 2.05) is 0 Å². The highest BCUT2D eigenvalue weighted by Gasteiger charge is 2.19. The van der Waals surface area contributed by atoms with E-state index in [-0.39, 0.29) is 5.56 Å². The minimum atomic E-state index is -0.121. The van der Waals surface area contributed by atoms with Crippen LogP contribution < -0.4 is 5.56 Å². The number of aryl methyl sites for hydroxylation is 1. The Kier molecular flexibility index (Phi) is 2.95. The fourth-order valence-electron chi connectivity index (χ4n) is 2.39. The van der Waals surface area contributed by atoms with Crippen LogP contribution in [0.5, 0.6) is 0 Å². The summed E-state index contributed by atoms with van der Waals surface area (Å²) in [5.41, 5.74) is 2.51. The van der Waals surface area contributed by atoms with Crippen molar-refractivity contribution in [3.8, 4) is 0 Å². The van der Waals surface area contributed by atoms with Gasteiger partial charge >= 0.3 is 0 Å². The van der Waals surface area contributed by atoms with Gasteiger partial charge in [0, 0.05) is 12.2 Å². The Bertz CT molecular complexity index is 472. The second kappa shape index (κ2) is 4.24. The number of hydrogen-bond acceptors (Lipinski definition) is 2. The van der Waals surface area contributed by atoms with Crippen molar-refractivity contribution >= 4 is 6.29 Å². The van der Waals surface area contributed by atoms with Crippen LogP contribution >= 0.6 is 0 Å². The zero-order valence-electron chi connectivity index (χ0n) is 9.82. The third kappa shape index (κ3) is 1.82. The number of fused-ring (bicyclic) bond motifs is 1. The molecule has 1 aromatic rings. The van der Waals surface area contributed by atoms with Gasteiger partial charge in [-0.25, -0.2) is 0 Å². The Morgan fingerprint density at radius 3 is 2.81 bits per heavy atom. The number of aromatic nitrogens is 1. The van der Waals surface area contributed by atoms with Crippen LogP contribution in [-0.4, -0.2) is 10.9 Å². The van der Waals surface area contributed by atoms with E-state index in [1.54, 1.807) is 10.6 Å². The van der Waals surface area contributed by atoms with Gasteiger partial charge in [-0.1, -0.05) is 13.8 Å². The Morgan fingerprint density at radius 1 is 1.44 bits per heavy atom. The molecule has 0 saturated heterocycles. The fourth-order valence-corrected chi connectivity index (χ4v) is 2.39. The van der Waals surface area contributed by atoms with Crippen LogP contribution in [0.1, 0.15) is 41.9 Å². The van der Waals surface area contributed by atoms with E-state index in [0.717, 1.165) is 25.0 Å². The summed E-state index contributed by atoms with van der Waals surface area (Å²) < 4.78 is 1.80. The molecule has 3 heteroatoms. The van der Waals surface area contributed by atoms with E-state index in [9.17, 15) is 9.59 Å². The van der Waals surface area contributed by atoms with Gasteiger partial charge in [-0.15, -0.1) is 0 Å². The average Bonchev–Trinajstić information content (AvgIpc) is 2.69. The van der Waals surface area contributed by atoms with Crippen LogP contribution in [-0.2, 0) is 19.4 Å². The van der Waals surface area contributed by atoms with Gasteiger partial charge in [0.2, 0.25) is 0 Å². The molecule has 2 rings (SSSR count). The monoisotopic (exact) mass is 219 g/mol. The molecular weight excluding hydrogens is 202 g/mol. The minimum Gasteiger partial charge on any atom is -0.312 e. The Balaban J connectivity index is 2.60. The van der Waals surface area contributed by atoms with E-state index in [1.165, 1.54) is 5.56 Å². The number of hydrogen-bond donors (Lipinski definition) is 0. The smallest absolute Gasteiger partial charge is 0.261 e. The lowest BCUT2D eigenvalue weighted by Gasteiger charge is -2.14. The lowest BCUT2D eigenvalue weighted by atomic mass is 10.1. The van der Waals surface area contributed by atoms with Crippen molar-refractivity contribution in [3.05, 3.63) is 33.2 Å². The summed E-state index contributed by atoms with van der Waals surface area (Å²) in [6.07, 6.45) is 3.73. The van der Waals surface area contributed by atoms with Gasteiger partial charge in [0.25, 0.3) is 5.56 Å². The number of aldehydes is 1. The molecule has 0 bridgehead atoms. The Morgan fingerprint density at radius 2 is 2.19 bits per heavy atom. The van der Waals surface area contributed by atoms with Crippen molar-refractivity contribution in [2.75, 3.05) is 0 Å². The molecule has 0 N–H and O–H groups in total. The van der Waals surface area contributed by atoms with Gasteiger partial charge < -0.3 is 4.57 Å². The van der Waals surface area contributed by atoms with Crippen LogP contribution in [0.25, 0.3) is 0 Å². The van der Waals surface area contributed by atoms with Crippen LogP contribution in [0.15, 0.2) is 10.9 Å². The predicted octanol–water partition coefficient (Wildman–Crippen LogP) is 1.81. The van der Waals surface area contributed by atoms with Crippen molar-refractivity contribution in [3.63, 3.8) is 0 Å². The maximum Gasteiger partial charge on any atom is 0.261 e. The predicted molar refractivity (Wildman–Crippen MR) is 63.0 cm³/mol. The Hall–Kier alpha value is -1.38. The highest BCUT2D eigenvalue weighted by atomic mass is 16.1. The van der Waals surface area contributed by atoms with E-state index in [2.05, 4.69) is 13.8 Å². The lowest BCUT2D eigenvalue weighted by molar-refractivity contribution is 0.112. The number of carbonyl (C=O) groups excluding carboxylic acids is 1. The molecule has 0 fully saturated rings. The van der Waals surface area contributed by atoms with Crippen LogP contribution in [0.4, 0.5) is 0 Å². The average molecular weight is 219 g/mol. The summed E-state index contributed by atoms with van der Waals surface area (Å²) in [7, 11) is 0. The van der Waals surface area contributed by atoms with Crippen molar-refractivity contribution in [2.45, 2.75) is 39.7 Å². The van der Waals surface area contributed by atoms with Gasteiger partial charge in [-0.3, -0.25) is 9.59 Å². The number of carbonyl (C=O) groups is 1. The first kappa shape index (κ1) is 11.1. The first-order chi connectivity index (χ1) is 7.63. The normalized spacial score (nSPS) is 14.2. The summed E-state index contributed by atoms with van der Waals surface area (Å²) in [5, 5.41) is 0. The molecule has 16 heavy (non-hydrogen) atoms. The third-order valence-electron chi connectivity index (χ3n) is 3.05. The topological polar surface area (TPSA) is 39.1 Å². The molecule has 1 aliphatic carbocycles. The molecule has 0 saturated carbocycles. The molecule has 86 valence electrons. The summed E-state index contributed by atoms with van der Waals surface area (Å²) >= 11 is 0. The summed E-state index contributed by atoms with van der Waals surface area (Å²) in [4.78, 5) is 22.9. The van der Waals surface area contributed by atoms with E-state index >= 15 is 0 Å². The van der Waals surface area contributed by atoms with Gasteiger partial charge in [0.1, 0.15) is 0 Å². The second-order valence-electron chi connectivity index (χ2n) is 4.85. The molecule has 0 amide bonds. The van der Waals surface area contributed by atoms with Gasteiger partial charge in [-0.05, 0) is 36.8 Å². The first-order valence-electron chi connectivity index (χ1n) is 5.84. The maximum absolute atomic E-state index is 12.0. The van der Waals surface area contributed by atoms with Crippen molar-refractivity contribution < 1.29 is 4.79 Å². The summed E-state index contributed by atoms with van der Waals surface area (Å²) in [6.45, 7) is 4.88. The van der Waals surface area contributed by atoms with E-state index in [4.69, 9.17) is 0 Å². The molecule has 1 aromatic heterocycles. The third-order valence-corrected chi connectivity index (χ3v) is 3.05. The molecule has 0 spiro atoms. The molecule has 0 unspecified atom stereocenters. The molecule has 3 nitrogen and oxygen atoms in total. The van der Waals surface area contributed by atoms with Crippen molar-refractivity contribution in [1.29, 1.82) is 0 Å². The standard InChI is InChI=1S/C13H17NO2/c1-9(2)7-14-12-5-3-4-10(12)6-11(8-15)13(14)16/h6,8-9H,3-5,7H2,1-2H3. The zero-order chi connectivity index (χ0) is 11.7. The zero-order valence-corrected chi connectivity index (χ0v) is 9.82. The minimum absolute atomic E-state index is 0.121. The van der Waals surface area contributed by atoms with Crippen molar-refractivity contribution in [1.82, 2.24) is 4.57 Å². The van der Waals surface area contributed by atoms with Gasteiger partial charge in [0.05, 0.1) is 5.56 Å². The Labute approximate surface area is 95.1 Å². The molecule has 0 aromatic carbocycles. The van der Waals surface area contributed by atoms with E-state index < -0.39 is 0 Å². The summed E-state index contributed by atoms with van der Waals surface area (Å²) in [6, 6.07) is 1.77. The highest BCUT2D eigenvalue weighted by Crippen LogP contribution is 2.21. The molecule has 1 aliphatic rings. The molecule has 0 atom stereocenters. The number of nitrogens with zero attached hydrogens (tertiary/aromatic N) is 1. The van der Waals surface area contributed by atoms with Gasteiger partial charge in [0.15, 0.2) is 6.29 Å². The molecule has 0 aliphatic heterocycles. The number of pyridine rings is 1. The van der Waals surface area contributed by atoms with Crippen molar-refractivity contribution in [2.24, 2.45) is 5.92 Å². The maximum atomic E-state index is 12.0. The summed E-state index contributed by atoms with van der Waals surface area (Å²) in [5.74, 6) is 0.421. The fraction of sp³-hybridized carbons (Fsp3) is 0.538. The highest BCUT2D eigenvalue weighted by molar-refractivity contribution is 5.74. The quantitative estimate of drug-likeness (QED) is 0.727. The first-order valence-corrected chi connectivity index (χ1v) is 5.84.